The number of methoxy groups -OCH3 is 1. The van der Waals surface area contributed by atoms with E-state index >= 15 is 0 Å². The highest BCUT2D eigenvalue weighted by atomic mass is 16.5. The minimum absolute atomic E-state index is 0.0122. The molecule has 0 radical (unpaired) electrons. The molecule has 0 saturated carbocycles. The summed E-state index contributed by atoms with van der Waals surface area (Å²) in [4.78, 5) is 28.4. The van der Waals surface area contributed by atoms with Crippen LogP contribution in [0.25, 0.3) is 6.08 Å². The molecule has 2 rings (SSSR count). The summed E-state index contributed by atoms with van der Waals surface area (Å²) in [5.41, 5.74) is 2.68. The summed E-state index contributed by atoms with van der Waals surface area (Å²) >= 11 is 0. The Hall–Kier alpha value is -2.91. The highest BCUT2D eigenvalue weighted by Crippen LogP contribution is 2.27. The molecule has 0 aromatic heterocycles. The van der Waals surface area contributed by atoms with Crippen molar-refractivity contribution >= 4 is 23.6 Å². The minimum atomic E-state index is -0.536. The van der Waals surface area contributed by atoms with Gasteiger partial charge >= 0.3 is 0 Å². The van der Waals surface area contributed by atoms with Crippen molar-refractivity contribution in [1.82, 2.24) is 4.90 Å². The second kappa shape index (κ2) is 8.45. The molecular formula is C20H23N3O3. The van der Waals surface area contributed by atoms with Gasteiger partial charge in [0.25, 0.3) is 11.8 Å². The number of hydrogen-bond acceptors (Lipinski definition) is 5. The summed E-state index contributed by atoms with van der Waals surface area (Å²) in [6.45, 7) is 2.30. The van der Waals surface area contributed by atoms with Gasteiger partial charge in [-0.05, 0) is 42.7 Å². The monoisotopic (exact) mass is 353 g/mol. The van der Waals surface area contributed by atoms with E-state index in [9.17, 15) is 14.9 Å². The number of imide groups is 1. The maximum atomic E-state index is 12.8. The van der Waals surface area contributed by atoms with Gasteiger partial charge < -0.3 is 9.64 Å². The van der Waals surface area contributed by atoms with Crippen LogP contribution in [0.4, 0.5) is 5.69 Å². The summed E-state index contributed by atoms with van der Waals surface area (Å²) in [6.07, 6.45) is 2.25. The third kappa shape index (κ3) is 4.01. The quantitative estimate of drug-likeness (QED) is 0.446. The minimum Gasteiger partial charge on any atom is -0.385 e. The number of nitriles is 1. The van der Waals surface area contributed by atoms with Crippen LogP contribution in [0.3, 0.4) is 0 Å². The number of rotatable bonds is 6. The number of hydrogen-bond donors (Lipinski definition) is 0. The van der Waals surface area contributed by atoms with Crippen molar-refractivity contribution < 1.29 is 14.3 Å². The van der Waals surface area contributed by atoms with E-state index in [0.29, 0.717) is 24.2 Å². The number of carbonyl (C=O) groups excluding carboxylic acids is 2. The fourth-order valence-corrected chi connectivity index (χ4v) is 2.74. The van der Waals surface area contributed by atoms with E-state index < -0.39 is 5.91 Å². The molecule has 0 saturated heterocycles. The SMILES string of the molecule is COCCCN1C(=O)C(C#N)=C(C)/C(=C\c2ccc(N(C)C)cc2)C1=O. The predicted molar refractivity (Wildman–Crippen MR) is 100 cm³/mol. The second-order valence-corrected chi connectivity index (χ2v) is 6.26. The van der Waals surface area contributed by atoms with Gasteiger partial charge in [0.1, 0.15) is 11.6 Å². The zero-order chi connectivity index (χ0) is 19.3. The summed E-state index contributed by atoms with van der Waals surface area (Å²) in [7, 11) is 5.47. The van der Waals surface area contributed by atoms with E-state index in [1.54, 1.807) is 20.1 Å². The number of anilines is 1. The number of carbonyl (C=O) groups is 2. The number of benzene rings is 1. The van der Waals surface area contributed by atoms with E-state index in [1.165, 1.54) is 0 Å². The van der Waals surface area contributed by atoms with Gasteiger partial charge in [0.2, 0.25) is 0 Å². The largest absolute Gasteiger partial charge is 0.385 e. The first-order valence-electron chi connectivity index (χ1n) is 8.36. The summed E-state index contributed by atoms with van der Waals surface area (Å²) in [6, 6.07) is 9.65. The molecule has 0 atom stereocenters. The molecule has 1 aromatic carbocycles. The average Bonchev–Trinajstić information content (AvgIpc) is 2.62. The fraction of sp³-hybridized carbons (Fsp3) is 0.350. The Balaban J connectivity index is 2.41. The Morgan fingerprint density at radius 1 is 1.19 bits per heavy atom. The van der Waals surface area contributed by atoms with Crippen LogP contribution in [0.5, 0.6) is 0 Å². The van der Waals surface area contributed by atoms with Crippen LogP contribution in [-0.4, -0.2) is 51.1 Å². The van der Waals surface area contributed by atoms with Gasteiger partial charge in [-0.1, -0.05) is 12.1 Å². The van der Waals surface area contributed by atoms with Crippen molar-refractivity contribution in [3.8, 4) is 6.07 Å². The lowest BCUT2D eigenvalue weighted by atomic mass is 9.93. The molecular weight excluding hydrogens is 330 g/mol. The van der Waals surface area contributed by atoms with Crippen LogP contribution in [-0.2, 0) is 14.3 Å². The van der Waals surface area contributed by atoms with E-state index in [2.05, 4.69) is 0 Å². The van der Waals surface area contributed by atoms with Gasteiger partial charge in [0.15, 0.2) is 0 Å². The van der Waals surface area contributed by atoms with E-state index in [1.807, 2.05) is 49.3 Å². The maximum Gasteiger partial charge on any atom is 0.271 e. The fourth-order valence-electron chi connectivity index (χ4n) is 2.74. The molecule has 26 heavy (non-hydrogen) atoms. The number of amides is 2. The summed E-state index contributed by atoms with van der Waals surface area (Å²) < 4.78 is 4.99. The highest BCUT2D eigenvalue weighted by molar-refractivity contribution is 6.19. The third-order valence-corrected chi connectivity index (χ3v) is 4.28. The Labute approximate surface area is 154 Å². The molecule has 0 N–H and O–H groups in total. The van der Waals surface area contributed by atoms with Gasteiger partial charge in [-0.15, -0.1) is 0 Å². The highest BCUT2D eigenvalue weighted by Gasteiger charge is 2.34. The van der Waals surface area contributed by atoms with Crippen LogP contribution < -0.4 is 4.90 Å². The third-order valence-electron chi connectivity index (χ3n) is 4.28. The first-order chi connectivity index (χ1) is 12.4. The molecule has 0 aliphatic carbocycles. The topological polar surface area (TPSA) is 73.6 Å². The molecule has 0 bridgehead atoms. The van der Waals surface area contributed by atoms with E-state index in [-0.39, 0.29) is 18.0 Å². The van der Waals surface area contributed by atoms with Gasteiger partial charge in [-0.25, -0.2) is 0 Å². The smallest absolute Gasteiger partial charge is 0.271 e. The summed E-state index contributed by atoms with van der Waals surface area (Å²) in [5, 5.41) is 9.36. The van der Waals surface area contributed by atoms with Gasteiger partial charge in [0, 0.05) is 45.6 Å². The van der Waals surface area contributed by atoms with Crippen LogP contribution in [0.1, 0.15) is 18.9 Å². The Bertz CT molecular complexity index is 799. The molecule has 0 fully saturated rings. The number of ether oxygens (including phenoxy) is 1. The van der Waals surface area contributed by atoms with Gasteiger partial charge in [-0.3, -0.25) is 14.5 Å². The standard InChI is InChI=1S/C20H23N3O3/c1-14-17(12-15-6-8-16(9-7-15)22(2)3)19(24)23(10-5-11-26-4)20(25)18(14)13-21/h6-9,12H,5,10-11H2,1-4H3/b17-12+. The Morgan fingerprint density at radius 3 is 2.38 bits per heavy atom. The molecule has 1 aliphatic rings. The first kappa shape index (κ1) is 19.4. The second-order valence-electron chi connectivity index (χ2n) is 6.26. The van der Waals surface area contributed by atoms with E-state index in [0.717, 1.165) is 16.2 Å². The summed E-state index contributed by atoms with van der Waals surface area (Å²) in [5.74, 6) is -0.912. The van der Waals surface area contributed by atoms with Crippen LogP contribution in [0.15, 0.2) is 41.0 Å². The Morgan fingerprint density at radius 2 is 1.85 bits per heavy atom. The van der Waals surface area contributed by atoms with Crippen molar-refractivity contribution in [2.45, 2.75) is 13.3 Å². The van der Waals surface area contributed by atoms with Crippen molar-refractivity contribution in [2.24, 2.45) is 0 Å². The van der Waals surface area contributed by atoms with Gasteiger partial charge in [0.05, 0.1) is 0 Å². The van der Waals surface area contributed by atoms with Crippen LogP contribution >= 0.6 is 0 Å². The van der Waals surface area contributed by atoms with E-state index in [4.69, 9.17) is 4.74 Å². The first-order valence-corrected chi connectivity index (χ1v) is 8.36. The molecule has 1 aromatic rings. The lowest BCUT2D eigenvalue weighted by Gasteiger charge is -2.27. The number of nitrogens with zero attached hydrogens (tertiary/aromatic N) is 3. The van der Waals surface area contributed by atoms with Crippen molar-refractivity contribution in [3.63, 3.8) is 0 Å². The molecule has 6 nitrogen and oxygen atoms in total. The molecule has 1 heterocycles. The molecule has 0 unspecified atom stereocenters. The average molecular weight is 353 g/mol. The van der Waals surface area contributed by atoms with Crippen LogP contribution in [0.2, 0.25) is 0 Å². The van der Waals surface area contributed by atoms with Crippen molar-refractivity contribution in [3.05, 3.63) is 46.5 Å². The lowest BCUT2D eigenvalue weighted by molar-refractivity contribution is -0.140. The molecule has 136 valence electrons. The predicted octanol–water partition coefficient (Wildman–Crippen LogP) is 2.38. The van der Waals surface area contributed by atoms with Crippen LogP contribution in [0, 0.1) is 11.3 Å². The van der Waals surface area contributed by atoms with Crippen molar-refractivity contribution in [1.29, 1.82) is 5.26 Å². The molecule has 6 heteroatoms. The van der Waals surface area contributed by atoms with Crippen molar-refractivity contribution in [2.75, 3.05) is 39.3 Å². The zero-order valence-corrected chi connectivity index (χ0v) is 15.6. The normalized spacial score (nSPS) is 16.3. The lowest BCUT2D eigenvalue weighted by Crippen LogP contribution is -2.43. The maximum absolute atomic E-state index is 12.8. The van der Waals surface area contributed by atoms with Gasteiger partial charge in [-0.2, -0.15) is 5.26 Å². The Kier molecular flexibility index (Phi) is 6.31. The molecule has 2 amide bonds. The zero-order valence-electron chi connectivity index (χ0n) is 15.6. The molecule has 0 spiro atoms. The molecule has 1 aliphatic heterocycles.